The van der Waals surface area contributed by atoms with Gasteiger partial charge in [-0.2, -0.15) is 0 Å². The Kier molecular flexibility index (Phi) is 6.69. The summed E-state index contributed by atoms with van der Waals surface area (Å²) in [6, 6.07) is 4.67. The Morgan fingerprint density at radius 3 is 2.52 bits per heavy atom. The number of hydrogen-bond donors (Lipinski definition) is 2. The van der Waals surface area contributed by atoms with E-state index in [0.717, 1.165) is 12.8 Å². The summed E-state index contributed by atoms with van der Waals surface area (Å²) in [6.45, 7) is 6.75. The van der Waals surface area contributed by atoms with E-state index in [1.165, 1.54) is 18.9 Å². The minimum Gasteiger partial charge on any atom is -0.398 e. The Morgan fingerprint density at radius 1 is 1.29 bits per heavy atom. The van der Waals surface area contributed by atoms with Gasteiger partial charge in [0.25, 0.3) is 0 Å². The van der Waals surface area contributed by atoms with Crippen LogP contribution in [-0.2, 0) is 10.0 Å². The molecule has 0 spiro atoms. The summed E-state index contributed by atoms with van der Waals surface area (Å²) < 4.78 is 28.0. The molecule has 0 bridgehead atoms. The molecular weight excluding hydrogens is 352 g/mol. The first kappa shape index (κ1) is 18.5. The van der Waals surface area contributed by atoms with Crippen LogP contribution in [0.1, 0.15) is 46.5 Å². The van der Waals surface area contributed by atoms with Crippen molar-refractivity contribution in [2.75, 3.05) is 12.3 Å². The Morgan fingerprint density at radius 2 is 1.95 bits per heavy atom. The number of unbranched alkanes of at least 4 members (excludes halogenated alkanes) is 2. The van der Waals surface area contributed by atoms with Crippen LogP contribution in [0.3, 0.4) is 0 Å². The van der Waals surface area contributed by atoms with Gasteiger partial charge in [-0.15, -0.1) is 0 Å². The second-order valence-electron chi connectivity index (χ2n) is 6.13. The van der Waals surface area contributed by atoms with Crippen molar-refractivity contribution < 1.29 is 8.42 Å². The van der Waals surface area contributed by atoms with Crippen LogP contribution in [0, 0.1) is 5.41 Å². The van der Waals surface area contributed by atoms with Crippen LogP contribution in [-0.4, -0.2) is 15.0 Å². The van der Waals surface area contributed by atoms with E-state index in [1.54, 1.807) is 12.1 Å². The minimum absolute atomic E-state index is 0.0524. The Balaban J connectivity index is 2.70. The highest BCUT2D eigenvalue weighted by molar-refractivity contribution is 9.10. The van der Waals surface area contributed by atoms with Gasteiger partial charge in [0.15, 0.2) is 0 Å². The predicted octanol–water partition coefficient (Wildman–Crippen LogP) is 3.92. The van der Waals surface area contributed by atoms with Gasteiger partial charge >= 0.3 is 0 Å². The second kappa shape index (κ2) is 7.61. The molecule has 0 aromatic heterocycles. The number of benzene rings is 1. The number of halogens is 1. The molecule has 21 heavy (non-hydrogen) atoms. The topological polar surface area (TPSA) is 72.2 Å². The predicted molar refractivity (Wildman–Crippen MR) is 91.7 cm³/mol. The molecule has 4 nitrogen and oxygen atoms in total. The zero-order valence-electron chi connectivity index (χ0n) is 12.9. The first-order chi connectivity index (χ1) is 9.68. The van der Waals surface area contributed by atoms with Crippen LogP contribution in [0.15, 0.2) is 27.6 Å². The van der Waals surface area contributed by atoms with Gasteiger partial charge in [-0.25, -0.2) is 13.1 Å². The maximum absolute atomic E-state index is 12.3. The first-order valence-corrected chi connectivity index (χ1v) is 9.50. The molecule has 0 saturated heterocycles. The van der Waals surface area contributed by atoms with E-state index in [-0.39, 0.29) is 10.3 Å². The van der Waals surface area contributed by atoms with Gasteiger partial charge in [0.1, 0.15) is 0 Å². The Labute approximate surface area is 136 Å². The van der Waals surface area contributed by atoms with Gasteiger partial charge < -0.3 is 5.73 Å². The van der Waals surface area contributed by atoms with E-state index in [4.69, 9.17) is 5.73 Å². The molecule has 0 unspecified atom stereocenters. The molecular formula is C15H25BrN2O2S. The molecule has 0 aliphatic carbocycles. The summed E-state index contributed by atoms with van der Waals surface area (Å²) in [4.78, 5) is 0.201. The highest BCUT2D eigenvalue weighted by atomic mass is 79.9. The Hall–Kier alpha value is -0.590. The van der Waals surface area contributed by atoms with Crippen molar-refractivity contribution in [1.29, 1.82) is 0 Å². The van der Waals surface area contributed by atoms with Crippen LogP contribution < -0.4 is 10.5 Å². The average molecular weight is 377 g/mol. The van der Waals surface area contributed by atoms with Crippen molar-refractivity contribution in [2.45, 2.75) is 51.3 Å². The number of nitrogen functional groups attached to an aromatic ring is 1. The SMILES string of the molecule is CCCCCC(C)(C)CNS(=O)(=O)c1ccc(Br)c(N)c1. The van der Waals surface area contributed by atoms with Crippen molar-refractivity contribution in [1.82, 2.24) is 4.72 Å². The van der Waals surface area contributed by atoms with Gasteiger partial charge in [-0.3, -0.25) is 0 Å². The molecule has 0 heterocycles. The molecule has 0 atom stereocenters. The van der Waals surface area contributed by atoms with Crippen LogP contribution >= 0.6 is 15.9 Å². The monoisotopic (exact) mass is 376 g/mol. The fraction of sp³-hybridized carbons (Fsp3) is 0.600. The van der Waals surface area contributed by atoms with Crippen molar-refractivity contribution >= 4 is 31.6 Å². The number of nitrogens with two attached hydrogens (primary N) is 1. The lowest BCUT2D eigenvalue weighted by molar-refractivity contribution is 0.320. The quantitative estimate of drug-likeness (QED) is 0.533. The second-order valence-corrected chi connectivity index (χ2v) is 8.75. The van der Waals surface area contributed by atoms with E-state index < -0.39 is 10.0 Å². The molecule has 0 fully saturated rings. The zero-order chi connectivity index (χ0) is 16.1. The minimum atomic E-state index is -3.51. The molecule has 1 aromatic rings. The van der Waals surface area contributed by atoms with Gasteiger partial charge in [0.05, 0.1) is 4.90 Å². The Bertz CT molecular complexity index is 571. The summed E-state index contributed by atoms with van der Waals surface area (Å²) in [5.74, 6) is 0. The lowest BCUT2D eigenvalue weighted by Gasteiger charge is -2.25. The summed E-state index contributed by atoms with van der Waals surface area (Å²) in [7, 11) is -3.51. The molecule has 6 heteroatoms. The van der Waals surface area contributed by atoms with Crippen molar-refractivity contribution in [3.05, 3.63) is 22.7 Å². The third-order valence-corrected chi connectivity index (χ3v) is 5.60. The molecule has 0 amide bonds. The molecule has 0 aliphatic rings. The van der Waals surface area contributed by atoms with Crippen LogP contribution in [0.5, 0.6) is 0 Å². The van der Waals surface area contributed by atoms with Gasteiger partial charge in [-0.05, 0) is 46.0 Å². The van der Waals surface area contributed by atoms with E-state index in [1.807, 2.05) is 0 Å². The summed E-state index contributed by atoms with van der Waals surface area (Å²) in [5.41, 5.74) is 6.11. The number of rotatable bonds is 8. The molecule has 0 saturated carbocycles. The number of nitrogens with one attached hydrogen (secondary N) is 1. The number of anilines is 1. The van der Waals surface area contributed by atoms with Gasteiger partial charge in [0.2, 0.25) is 10.0 Å². The van der Waals surface area contributed by atoms with Crippen molar-refractivity contribution in [3.8, 4) is 0 Å². The average Bonchev–Trinajstić information content (AvgIpc) is 2.40. The lowest BCUT2D eigenvalue weighted by atomic mass is 9.87. The normalized spacial score (nSPS) is 12.6. The van der Waals surface area contributed by atoms with E-state index in [2.05, 4.69) is 41.4 Å². The summed E-state index contributed by atoms with van der Waals surface area (Å²) >= 11 is 3.26. The fourth-order valence-electron chi connectivity index (χ4n) is 2.00. The van der Waals surface area contributed by atoms with Crippen LogP contribution in [0.4, 0.5) is 5.69 Å². The van der Waals surface area contributed by atoms with Crippen LogP contribution in [0.2, 0.25) is 0 Å². The van der Waals surface area contributed by atoms with E-state index in [0.29, 0.717) is 16.7 Å². The highest BCUT2D eigenvalue weighted by Gasteiger charge is 2.22. The lowest BCUT2D eigenvalue weighted by Crippen LogP contribution is -2.34. The van der Waals surface area contributed by atoms with E-state index >= 15 is 0 Å². The van der Waals surface area contributed by atoms with Gasteiger partial charge in [-0.1, -0.05) is 40.0 Å². The first-order valence-electron chi connectivity index (χ1n) is 7.23. The molecule has 1 aromatic carbocycles. The molecule has 120 valence electrons. The zero-order valence-corrected chi connectivity index (χ0v) is 15.4. The number of hydrogen-bond acceptors (Lipinski definition) is 3. The fourth-order valence-corrected chi connectivity index (χ4v) is 3.53. The largest absolute Gasteiger partial charge is 0.398 e. The van der Waals surface area contributed by atoms with Gasteiger partial charge in [0, 0.05) is 16.7 Å². The smallest absolute Gasteiger partial charge is 0.240 e. The molecule has 1 rings (SSSR count). The maximum Gasteiger partial charge on any atom is 0.240 e. The molecule has 3 N–H and O–H groups in total. The van der Waals surface area contributed by atoms with Crippen molar-refractivity contribution in [2.24, 2.45) is 5.41 Å². The van der Waals surface area contributed by atoms with E-state index in [9.17, 15) is 8.42 Å². The maximum atomic E-state index is 12.3. The molecule has 0 radical (unpaired) electrons. The summed E-state index contributed by atoms with van der Waals surface area (Å²) in [6.07, 6.45) is 4.47. The number of sulfonamides is 1. The molecule has 0 aliphatic heterocycles. The van der Waals surface area contributed by atoms with Crippen molar-refractivity contribution in [3.63, 3.8) is 0 Å². The van der Waals surface area contributed by atoms with Crippen LogP contribution in [0.25, 0.3) is 0 Å². The standard InChI is InChI=1S/C15H25BrN2O2S/c1-4-5-6-9-15(2,3)11-18-21(19,20)12-7-8-13(16)14(17)10-12/h7-8,10,18H,4-6,9,11,17H2,1-3H3. The third-order valence-electron chi connectivity index (χ3n) is 3.48. The third kappa shape index (κ3) is 5.96. The summed E-state index contributed by atoms with van der Waals surface area (Å²) in [5, 5.41) is 0. The highest BCUT2D eigenvalue weighted by Crippen LogP contribution is 2.25.